The van der Waals surface area contributed by atoms with Gasteiger partial charge in [0.2, 0.25) is 0 Å². The summed E-state index contributed by atoms with van der Waals surface area (Å²) in [4.78, 5) is 31.9. The number of rotatable bonds is 8. The number of fused-ring (bicyclic) bond motifs is 26. The molecule has 0 bridgehead atoms. The van der Waals surface area contributed by atoms with Gasteiger partial charge in [0.05, 0.1) is 33.4 Å². The van der Waals surface area contributed by atoms with Crippen LogP contribution < -0.4 is 0 Å². The summed E-state index contributed by atoms with van der Waals surface area (Å²) in [5, 5.41) is 27.8. The summed E-state index contributed by atoms with van der Waals surface area (Å²) in [7, 11) is 0. The van der Waals surface area contributed by atoms with Crippen LogP contribution in [0.2, 0.25) is 0 Å². The minimum absolute atomic E-state index is 0.584. The fourth-order valence-electron chi connectivity index (χ4n) is 19.8. The van der Waals surface area contributed by atoms with Gasteiger partial charge in [-0.05, 0) is 156 Å². The average molecular weight is 1640 g/mol. The van der Waals surface area contributed by atoms with Crippen molar-refractivity contribution in [2.45, 2.75) is 0 Å². The standard InChI is InChI=1S/2C57H32N4OS/c1-2-15-36-31-48-46(30-35(36)14-1)42-27-24-34-13-4-6-18-39(34)53(42)61(48)47-29-28-45(52-44-20-7-9-22-49(44)62-54(47)52)57-59-55(37-25-26-41-40-19-8-10-23-50(40)63-51(41)32-37)58-56(60-57)43-21-11-16-33-12-3-5-17-38(33)43;1-2-13-35-29-38(22-21-33(35)11-1)55-58-56(39-23-25-42-41-17-8-10-20-50(41)63-51(42)32-39)60-57(59-55)44-26-28-47(54-53(44)43-18-7-9-19-49(43)62-54)61-46-27-24-34-12-5-6-16-40(34)52(46)45-30-36-14-3-4-15-37(36)31-48(45)61/h2*1-32H. The smallest absolute Gasteiger partial charge is 0.164 e. The Kier molecular flexibility index (Phi) is 15.4. The second-order valence-corrected chi connectivity index (χ2v) is 34.8. The second-order valence-electron chi connectivity index (χ2n) is 32.7. The molecule has 8 heterocycles. The Morgan fingerprint density at radius 1 is 0.198 bits per heavy atom. The van der Waals surface area contributed by atoms with E-state index < -0.39 is 0 Å². The lowest BCUT2D eigenvalue weighted by molar-refractivity contribution is 0.666. The highest BCUT2D eigenvalue weighted by atomic mass is 32.1. The number of benzene rings is 20. The molecule has 0 N–H and O–H groups in total. The van der Waals surface area contributed by atoms with E-state index in [1.807, 2.05) is 12.1 Å². The molecule has 28 rings (SSSR count). The van der Waals surface area contributed by atoms with E-state index in [2.05, 4.69) is 385 Å². The Labute approximate surface area is 725 Å². The summed E-state index contributed by atoms with van der Waals surface area (Å²) in [6, 6.07) is 138. The van der Waals surface area contributed by atoms with E-state index >= 15 is 0 Å². The van der Waals surface area contributed by atoms with Gasteiger partial charge in [-0.2, -0.15) is 0 Å². The van der Waals surface area contributed by atoms with Crippen molar-refractivity contribution in [3.63, 3.8) is 0 Å². The molecule has 0 amide bonds. The summed E-state index contributed by atoms with van der Waals surface area (Å²) in [5.41, 5.74) is 15.1. The van der Waals surface area contributed by atoms with Crippen molar-refractivity contribution in [1.82, 2.24) is 39.0 Å². The predicted molar refractivity (Wildman–Crippen MR) is 526 cm³/mol. The maximum absolute atomic E-state index is 7.04. The van der Waals surface area contributed by atoms with Gasteiger partial charge in [-0.3, -0.25) is 0 Å². The molecule has 584 valence electrons. The fourth-order valence-corrected chi connectivity index (χ4v) is 22.1. The van der Waals surface area contributed by atoms with Gasteiger partial charge < -0.3 is 18.0 Å². The molecule has 0 radical (unpaired) electrons. The first-order valence-electron chi connectivity index (χ1n) is 42.3. The molecule has 126 heavy (non-hydrogen) atoms. The Morgan fingerprint density at radius 2 is 0.579 bits per heavy atom. The normalized spacial score (nSPS) is 12.1. The van der Waals surface area contributed by atoms with Gasteiger partial charge in [0, 0.05) is 122 Å². The summed E-state index contributed by atoms with van der Waals surface area (Å²) in [6.07, 6.45) is 0. The quantitative estimate of drug-likeness (QED) is 0.148. The number of thiophene rings is 2. The molecule has 0 saturated heterocycles. The third-order valence-corrected chi connectivity index (χ3v) is 27.9. The summed E-state index contributed by atoms with van der Waals surface area (Å²) >= 11 is 3.59. The van der Waals surface area contributed by atoms with Crippen LogP contribution in [0.4, 0.5) is 0 Å². The Bertz CT molecular complexity index is 9550. The van der Waals surface area contributed by atoms with Crippen molar-refractivity contribution in [3.05, 3.63) is 388 Å². The number of nitrogens with zero attached hydrogens (tertiary/aromatic N) is 8. The fraction of sp³-hybridized carbons (Fsp3) is 0. The summed E-state index contributed by atoms with van der Waals surface area (Å²) in [6.45, 7) is 0. The average Bonchev–Trinajstić information content (AvgIpc) is 1.55. The first-order chi connectivity index (χ1) is 62.4. The van der Waals surface area contributed by atoms with Gasteiger partial charge in [-0.15, -0.1) is 22.7 Å². The highest BCUT2D eigenvalue weighted by molar-refractivity contribution is 7.26. The van der Waals surface area contributed by atoms with Gasteiger partial charge in [0.25, 0.3) is 0 Å². The maximum atomic E-state index is 7.04. The molecule has 0 unspecified atom stereocenters. The minimum Gasteiger partial charge on any atom is -0.454 e. The number of hydrogen-bond acceptors (Lipinski definition) is 10. The lowest BCUT2D eigenvalue weighted by atomic mass is 10.0. The van der Waals surface area contributed by atoms with Gasteiger partial charge in [0.15, 0.2) is 46.1 Å². The van der Waals surface area contributed by atoms with Crippen LogP contribution in [-0.4, -0.2) is 39.0 Å². The highest BCUT2D eigenvalue weighted by Crippen LogP contribution is 2.49. The van der Waals surface area contributed by atoms with Crippen molar-refractivity contribution in [3.8, 4) is 79.7 Å². The van der Waals surface area contributed by atoms with E-state index in [4.69, 9.17) is 38.7 Å². The Morgan fingerprint density at radius 3 is 1.17 bits per heavy atom. The number of furan rings is 2. The van der Waals surface area contributed by atoms with E-state index in [0.29, 0.717) is 34.9 Å². The number of hydrogen-bond donors (Lipinski definition) is 0. The molecule has 28 aromatic rings. The first kappa shape index (κ1) is 70.3. The van der Waals surface area contributed by atoms with Gasteiger partial charge in [-0.1, -0.05) is 291 Å². The molecule has 20 aromatic carbocycles. The Balaban J connectivity index is 0.000000131. The predicted octanol–water partition coefficient (Wildman–Crippen LogP) is 31.4. The molecule has 0 aliphatic heterocycles. The van der Waals surface area contributed by atoms with Crippen LogP contribution in [0.3, 0.4) is 0 Å². The molecular formula is C114H64N8O2S2. The van der Waals surface area contributed by atoms with Crippen LogP contribution in [0.25, 0.3) is 272 Å². The van der Waals surface area contributed by atoms with E-state index in [9.17, 15) is 0 Å². The molecule has 0 aliphatic rings. The van der Waals surface area contributed by atoms with Crippen molar-refractivity contribution in [2.24, 2.45) is 0 Å². The van der Waals surface area contributed by atoms with Gasteiger partial charge >= 0.3 is 0 Å². The van der Waals surface area contributed by atoms with Crippen LogP contribution in [0.5, 0.6) is 0 Å². The molecule has 12 heteroatoms. The number of para-hydroxylation sites is 2. The van der Waals surface area contributed by atoms with Crippen LogP contribution in [0, 0.1) is 0 Å². The summed E-state index contributed by atoms with van der Waals surface area (Å²) < 4.78 is 23.8. The van der Waals surface area contributed by atoms with E-state index in [-0.39, 0.29) is 0 Å². The first-order valence-corrected chi connectivity index (χ1v) is 44.0. The van der Waals surface area contributed by atoms with Crippen molar-refractivity contribution >= 4 is 215 Å². The molecule has 0 atom stereocenters. The Hall–Kier alpha value is -16.4. The molecule has 0 saturated carbocycles. The van der Waals surface area contributed by atoms with Crippen LogP contribution in [-0.2, 0) is 0 Å². The molecule has 0 spiro atoms. The molecule has 8 aromatic heterocycles. The lowest BCUT2D eigenvalue weighted by Gasteiger charge is -2.14. The topological polar surface area (TPSA) is 113 Å². The zero-order valence-corrected chi connectivity index (χ0v) is 68.8. The van der Waals surface area contributed by atoms with Gasteiger partial charge in [-0.25, -0.2) is 29.9 Å². The number of aromatic nitrogens is 8. The molecule has 10 nitrogen and oxygen atoms in total. The highest BCUT2D eigenvalue weighted by Gasteiger charge is 2.29. The van der Waals surface area contributed by atoms with Crippen LogP contribution >= 0.6 is 22.7 Å². The third-order valence-electron chi connectivity index (χ3n) is 25.6. The van der Waals surface area contributed by atoms with E-state index in [0.717, 1.165) is 127 Å². The maximum Gasteiger partial charge on any atom is 0.164 e. The SMILES string of the molecule is c1ccc2cc(-c3nc(-c4ccc5c(c4)sc4ccccc45)nc(-c4ccc(-n5c6cc7ccccc7cc6c6c7ccccc7ccc65)c5oc6ccccc6c45)n3)ccc2c1.c1ccc2cc3c(cc2c1)c1ccc2ccccc2c1n3-c1ccc(-c2nc(-c3ccc4c(c3)sc3ccccc34)nc(-c3cccc4ccccc34)n2)c2c1oc1ccccc12. The summed E-state index contributed by atoms with van der Waals surface area (Å²) in [5.74, 6) is 3.64. The largest absolute Gasteiger partial charge is 0.454 e. The monoisotopic (exact) mass is 1640 g/mol. The van der Waals surface area contributed by atoms with Gasteiger partial charge in [0.1, 0.15) is 11.2 Å². The third kappa shape index (κ3) is 10.9. The molecule has 0 fully saturated rings. The zero-order chi connectivity index (χ0) is 82.3. The van der Waals surface area contributed by atoms with Crippen molar-refractivity contribution in [1.29, 1.82) is 0 Å². The molecular weight excluding hydrogens is 1580 g/mol. The van der Waals surface area contributed by atoms with Crippen LogP contribution in [0.1, 0.15) is 0 Å². The molecule has 0 aliphatic carbocycles. The zero-order valence-electron chi connectivity index (χ0n) is 67.2. The lowest BCUT2D eigenvalue weighted by Crippen LogP contribution is -2.02. The van der Waals surface area contributed by atoms with Crippen LogP contribution in [0.15, 0.2) is 397 Å². The van der Waals surface area contributed by atoms with Crippen molar-refractivity contribution in [2.75, 3.05) is 0 Å². The van der Waals surface area contributed by atoms with E-state index in [1.165, 1.54) is 110 Å². The minimum atomic E-state index is 0.584. The second kappa shape index (κ2) is 27.6. The van der Waals surface area contributed by atoms with Crippen molar-refractivity contribution < 1.29 is 8.83 Å². The van der Waals surface area contributed by atoms with E-state index in [1.54, 1.807) is 22.7 Å².